The van der Waals surface area contributed by atoms with Crippen molar-refractivity contribution >= 4 is 39.8 Å². The molecule has 2 aromatic rings. The number of amides is 2. The number of primary amides is 1. The molecule has 0 radical (unpaired) electrons. The average Bonchev–Trinajstić information content (AvgIpc) is 2.84. The lowest BCUT2D eigenvalue weighted by Gasteiger charge is -2.18. The number of nitrogens with one attached hydrogen (secondary N) is 1. The van der Waals surface area contributed by atoms with Crippen LogP contribution in [0.3, 0.4) is 0 Å². The molecule has 120 valence electrons. The molecule has 1 aromatic carbocycles. The lowest BCUT2D eigenvalue weighted by atomic mass is 9.88. The van der Waals surface area contributed by atoms with Crippen LogP contribution in [-0.2, 0) is 12.8 Å². The van der Waals surface area contributed by atoms with E-state index >= 15 is 0 Å². The van der Waals surface area contributed by atoms with Gasteiger partial charge in [0.2, 0.25) is 0 Å². The average molecular weight is 349 g/mol. The minimum Gasteiger partial charge on any atom is -0.365 e. The van der Waals surface area contributed by atoms with E-state index in [2.05, 4.69) is 12.2 Å². The van der Waals surface area contributed by atoms with Gasteiger partial charge in [-0.1, -0.05) is 18.5 Å². The summed E-state index contributed by atoms with van der Waals surface area (Å²) in [6.45, 7) is 2.19. The largest absolute Gasteiger partial charge is 0.365 e. The fourth-order valence-electron chi connectivity index (χ4n) is 2.88. The van der Waals surface area contributed by atoms with Gasteiger partial charge in [0.25, 0.3) is 11.8 Å². The second-order valence-corrected chi connectivity index (χ2v) is 7.42. The second-order valence-electron chi connectivity index (χ2n) is 5.88. The molecule has 0 saturated heterocycles. The van der Waals surface area contributed by atoms with Crippen molar-refractivity contribution < 1.29 is 9.59 Å². The van der Waals surface area contributed by atoms with Crippen LogP contribution in [0.4, 0.5) is 5.00 Å². The van der Waals surface area contributed by atoms with Crippen molar-refractivity contribution in [1.82, 2.24) is 0 Å². The molecule has 2 amide bonds. The number of benzene rings is 1. The third-order valence-electron chi connectivity index (χ3n) is 4.09. The molecule has 0 unspecified atom stereocenters. The molecule has 1 aromatic heterocycles. The molecule has 1 atom stereocenters. The smallest absolute Gasteiger partial charge is 0.256 e. The van der Waals surface area contributed by atoms with E-state index in [1.165, 1.54) is 11.3 Å². The summed E-state index contributed by atoms with van der Waals surface area (Å²) in [6, 6.07) is 6.62. The lowest BCUT2D eigenvalue weighted by Crippen LogP contribution is -2.19. The fraction of sp³-hybridized carbons (Fsp3) is 0.294. The molecule has 1 aliphatic rings. The van der Waals surface area contributed by atoms with Crippen LogP contribution in [-0.4, -0.2) is 11.8 Å². The summed E-state index contributed by atoms with van der Waals surface area (Å²) in [5, 5.41) is 3.96. The van der Waals surface area contributed by atoms with Crippen LogP contribution in [0.2, 0.25) is 5.02 Å². The number of carbonyl (C=O) groups excluding carboxylic acids is 2. The number of fused-ring (bicyclic) bond motifs is 1. The summed E-state index contributed by atoms with van der Waals surface area (Å²) in [6.07, 6.45) is 2.80. The molecule has 3 rings (SSSR count). The van der Waals surface area contributed by atoms with E-state index < -0.39 is 5.91 Å². The van der Waals surface area contributed by atoms with Crippen LogP contribution in [0.1, 0.15) is 44.5 Å². The number of carbonyl (C=O) groups is 2. The van der Waals surface area contributed by atoms with Gasteiger partial charge >= 0.3 is 0 Å². The highest BCUT2D eigenvalue weighted by molar-refractivity contribution is 7.17. The SMILES string of the molecule is C[C@H]1CCc2c(sc(NC(=O)c3ccc(Cl)cc3)c2C(N)=O)C1. The van der Waals surface area contributed by atoms with E-state index in [9.17, 15) is 9.59 Å². The van der Waals surface area contributed by atoms with E-state index in [4.69, 9.17) is 17.3 Å². The Hall–Kier alpha value is -1.85. The first-order valence-corrected chi connectivity index (χ1v) is 8.66. The number of hydrogen-bond donors (Lipinski definition) is 2. The maximum atomic E-state index is 12.4. The molecule has 3 N–H and O–H groups in total. The Labute approximate surface area is 143 Å². The number of rotatable bonds is 3. The van der Waals surface area contributed by atoms with Gasteiger partial charge in [-0.25, -0.2) is 0 Å². The number of anilines is 1. The molecule has 23 heavy (non-hydrogen) atoms. The van der Waals surface area contributed by atoms with Gasteiger partial charge in [-0.3, -0.25) is 9.59 Å². The Morgan fingerprint density at radius 3 is 2.65 bits per heavy atom. The van der Waals surface area contributed by atoms with E-state index in [0.717, 1.165) is 29.7 Å². The van der Waals surface area contributed by atoms with Crippen LogP contribution in [0.25, 0.3) is 0 Å². The van der Waals surface area contributed by atoms with Gasteiger partial charge in [0.05, 0.1) is 5.56 Å². The number of thiophene rings is 1. The van der Waals surface area contributed by atoms with Crippen molar-refractivity contribution in [2.75, 3.05) is 5.32 Å². The van der Waals surface area contributed by atoms with Gasteiger partial charge in [-0.2, -0.15) is 0 Å². The van der Waals surface area contributed by atoms with Gasteiger partial charge in [0.15, 0.2) is 0 Å². The molecule has 0 spiro atoms. The first kappa shape index (κ1) is 16.0. The minimum absolute atomic E-state index is 0.268. The van der Waals surface area contributed by atoms with Gasteiger partial charge < -0.3 is 11.1 Å². The van der Waals surface area contributed by atoms with Crippen molar-refractivity contribution in [3.63, 3.8) is 0 Å². The van der Waals surface area contributed by atoms with Crippen molar-refractivity contribution in [3.8, 4) is 0 Å². The van der Waals surface area contributed by atoms with Crippen LogP contribution < -0.4 is 11.1 Å². The fourth-order valence-corrected chi connectivity index (χ4v) is 4.41. The monoisotopic (exact) mass is 348 g/mol. The zero-order valence-corrected chi connectivity index (χ0v) is 14.3. The predicted molar refractivity (Wildman–Crippen MR) is 93.4 cm³/mol. The first-order chi connectivity index (χ1) is 11.0. The Kier molecular flexibility index (Phi) is 4.41. The van der Waals surface area contributed by atoms with Crippen LogP contribution >= 0.6 is 22.9 Å². The van der Waals surface area contributed by atoms with Gasteiger partial charge in [0.1, 0.15) is 5.00 Å². The highest BCUT2D eigenvalue weighted by Gasteiger charge is 2.27. The van der Waals surface area contributed by atoms with Gasteiger partial charge in [-0.05, 0) is 55.0 Å². The van der Waals surface area contributed by atoms with Crippen molar-refractivity contribution in [2.24, 2.45) is 11.7 Å². The van der Waals surface area contributed by atoms with Crippen molar-refractivity contribution in [2.45, 2.75) is 26.2 Å². The quantitative estimate of drug-likeness (QED) is 0.883. The van der Waals surface area contributed by atoms with Crippen molar-refractivity contribution in [3.05, 3.63) is 50.9 Å². The minimum atomic E-state index is -0.483. The maximum absolute atomic E-state index is 12.4. The molecule has 0 fully saturated rings. The lowest BCUT2D eigenvalue weighted by molar-refractivity contribution is 0.1000. The maximum Gasteiger partial charge on any atom is 0.256 e. The highest BCUT2D eigenvalue weighted by atomic mass is 35.5. The topological polar surface area (TPSA) is 72.2 Å². The third-order valence-corrected chi connectivity index (χ3v) is 5.51. The molecular weight excluding hydrogens is 332 g/mol. The normalized spacial score (nSPS) is 16.7. The van der Waals surface area contributed by atoms with E-state index in [1.54, 1.807) is 24.3 Å². The molecule has 1 heterocycles. The molecule has 0 bridgehead atoms. The molecule has 6 heteroatoms. The first-order valence-electron chi connectivity index (χ1n) is 7.47. The predicted octanol–water partition coefficient (Wildman–Crippen LogP) is 3.88. The second kappa shape index (κ2) is 6.34. The number of hydrogen-bond acceptors (Lipinski definition) is 3. The molecular formula is C17H17ClN2O2S. The summed E-state index contributed by atoms with van der Waals surface area (Å²) in [4.78, 5) is 25.4. The van der Waals surface area contributed by atoms with E-state index in [-0.39, 0.29) is 5.91 Å². The Bertz CT molecular complexity index is 768. The standard InChI is InChI=1S/C17H17ClN2O2S/c1-9-2-7-12-13(8-9)23-17(14(12)15(19)21)20-16(22)10-3-5-11(18)6-4-10/h3-6,9H,2,7-8H2,1H3,(H2,19,21)(H,20,22)/t9-/m0/s1. The Balaban J connectivity index is 1.92. The summed E-state index contributed by atoms with van der Waals surface area (Å²) in [5.41, 5.74) is 7.52. The third kappa shape index (κ3) is 3.26. The highest BCUT2D eigenvalue weighted by Crippen LogP contribution is 2.39. The molecule has 1 aliphatic carbocycles. The van der Waals surface area contributed by atoms with Crippen LogP contribution in [0, 0.1) is 5.92 Å². The molecule has 4 nitrogen and oxygen atoms in total. The molecule has 0 aliphatic heterocycles. The summed E-state index contributed by atoms with van der Waals surface area (Å²) >= 11 is 7.30. The zero-order chi connectivity index (χ0) is 16.6. The summed E-state index contributed by atoms with van der Waals surface area (Å²) in [5.74, 6) is -0.166. The van der Waals surface area contributed by atoms with Crippen LogP contribution in [0.15, 0.2) is 24.3 Å². The van der Waals surface area contributed by atoms with E-state index in [0.29, 0.717) is 27.1 Å². The van der Waals surface area contributed by atoms with Gasteiger partial charge in [0, 0.05) is 15.5 Å². The Morgan fingerprint density at radius 1 is 1.30 bits per heavy atom. The summed E-state index contributed by atoms with van der Waals surface area (Å²) < 4.78 is 0. The van der Waals surface area contributed by atoms with Crippen molar-refractivity contribution in [1.29, 1.82) is 0 Å². The van der Waals surface area contributed by atoms with E-state index in [1.807, 2.05) is 0 Å². The van der Waals surface area contributed by atoms with Crippen LogP contribution in [0.5, 0.6) is 0 Å². The summed E-state index contributed by atoms with van der Waals surface area (Å²) in [7, 11) is 0. The number of halogens is 1. The van der Waals surface area contributed by atoms with Gasteiger partial charge in [-0.15, -0.1) is 11.3 Å². The Morgan fingerprint density at radius 2 is 2.00 bits per heavy atom. The molecule has 0 saturated carbocycles. The zero-order valence-electron chi connectivity index (χ0n) is 12.7. The number of nitrogens with two attached hydrogens (primary N) is 1.